The van der Waals surface area contributed by atoms with Crippen LogP contribution in [0.25, 0.3) is 0 Å². The Labute approximate surface area is 92.3 Å². The molecule has 6 heteroatoms. The molecule has 1 aliphatic rings. The van der Waals surface area contributed by atoms with Crippen molar-refractivity contribution >= 4 is 17.4 Å². The maximum absolute atomic E-state index is 8.65. The lowest BCUT2D eigenvalue weighted by molar-refractivity contribution is 0.122. The Morgan fingerprint density at radius 2 is 2.20 bits per heavy atom. The average molecular weight is 225 g/mol. The molecule has 1 aromatic heterocycles. The third-order valence-corrected chi connectivity index (χ3v) is 2.42. The van der Waals surface area contributed by atoms with Gasteiger partial charge in [0.1, 0.15) is 11.9 Å². The molecule has 0 amide bonds. The highest BCUT2D eigenvalue weighted by Crippen LogP contribution is 2.16. The van der Waals surface area contributed by atoms with E-state index in [2.05, 4.69) is 9.97 Å². The Morgan fingerprint density at radius 3 is 2.80 bits per heavy atom. The summed E-state index contributed by atoms with van der Waals surface area (Å²) in [6.07, 6.45) is 1.57. The molecule has 1 saturated heterocycles. The molecular formula is C9H9ClN4O. The smallest absolute Gasteiger partial charge is 0.178 e. The molecule has 78 valence electrons. The maximum Gasteiger partial charge on any atom is 0.178 e. The van der Waals surface area contributed by atoms with E-state index in [9.17, 15) is 0 Å². The zero-order valence-electron chi connectivity index (χ0n) is 7.98. The Kier molecular flexibility index (Phi) is 2.99. The highest BCUT2D eigenvalue weighted by Gasteiger charge is 2.14. The lowest BCUT2D eigenvalue weighted by Gasteiger charge is -2.27. The highest BCUT2D eigenvalue weighted by atomic mass is 35.5. The van der Waals surface area contributed by atoms with Gasteiger partial charge in [-0.25, -0.2) is 9.97 Å². The number of nitrogens with zero attached hydrogens (tertiary/aromatic N) is 4. The summed E-state index contributed by atoms with van der Waals surface area (Å²) in [6, 6.07) is 1.88. The maximum atomic E-state index is 8.65. The molecule has 0 N–H and O–H groups in total. The molecule has 15 heavy (non-hydrogen) atoms. The number of ether oxygens (including phenoxy) is 1. The summed E-state index contributed by atoms with van der Waals surface area (Å²) in [7, 11) is 0. The van der Waals surface area contributed by atoms with Gasteiger partial charge in [0.25, 0.3) is 0 Å². The largest absolute Gasteiger partial charge is 0.378 e. The Hall–Kier alpha value is -1.38. The molecule has 0 aliphatic carbocycles. The second kappa shape index (κ2) is 4.43. The first-order chi connectivity index (χ1) is 7.31. The van der Waals surface area contributed by atoms with E-state index in [0.717, 1.165) is 13.1 Å². The lowest BCUT2D eigenvalue weighted by atomic mass is 10.4. The van der Waals surface area contributed by atoms with Crippen molar-refractivity contribution < 1.29 is 4.74 Å². The van der Waals surface area contributed by atoms with Crippen LogP contribution in [-0.2, 0) is 4.74 Å². The summed E-state index contributed by atoms with van der Waals surface area (Å²) in [6.45, 7) is 2.91. The van der Waals surface area contributed by atoms with Gasteiger partial charge in [0.15, 0.2) is 10.8 Å². The molecule has 2 heterocycles. The van der Waals surface area contributed by atoms with Gasteiger partial charge in [0, 0.05) is 13.1 Å². The first-order valence-electron chi connectivity index (χ1n) is 4.56. The number of rotatable bonds is 1. The zero-order valence-corrected chi connectivity index (χ0v) is 8.74. The molecule has 1 aliphatic heterocycles. The van der Waals surface area contributed by atoms with Crippen LogP contribution in [0, 0.1) is 11.3 Å². The molecule has 1 aromatic rings. The standard InChI is InChI=1S/C9H9ClN4O/c10-9-7(5-11)12-6-8(13-9)14-1-3-15-4-2-14/h6H,1-4H2. The van der Waals surface area contributed by atoms with E-state index in [1.807, 2.05) is 11.0 Å². The van der Waals surface area contributed by atoms with E-state index in [4.69, 9.17) is 21.6 Å². The van der Waals surface area contributed by atoms with E-state index in [-0.39, 0.29) is 10.8 Å². The zero-order chi connectivity index (χ0) is 10.7. The minimum Gasteiger partial charge on any atom is -0.378 e. The number of hydrogen-bond acceptors (Lipinski definition) is 5. The van der Waals surface area contributed by atoms with Crippen molar-refractivity contribution in [2.75, 3.05) is 31.2 Å². The van der Waals surface area contributed by atoms with Gasteiger partial charge < -0.3 is 9.64 Å². The van der Waals surface area contributed by atoms with Crippen molar-refractivity contribution in [3.05, 3.63) is 17.0 Å². The average Bonchev–Trinajstić information content (AvgIpc) is 2.30. The summed E-state index contributed by atoms with van der Waals surface area (Å²) in [4.78, 5) is 10.1. The van der Waals surface area contributed by atoms with Crippen molar-refractivity contribution in [2.24, 2.45) is 0 Å². The van der Waals surface area contributed by atoms with Gasteiger partial charge in [-0.05, 0) is 0 Å². The summed E-state index contributed by atoms with van der Waals surface area (Å²) < 4.78 is 5.22. The van der Waals surface area contributed by atoms with Gasteiger partial charge in [-0.1, -0.05) is 11.6 Å². The van der Waals surface area contributed by atoms with Crippen LogP contribution in [0.5, 0.6) is 0 Å². The van der Waals surface area contributed by atoms with Gasteiger partial charge in [0.2, 0.25) is 0 Å². The number of halogens is 1. The summed E-state index contributed by atoms with van der Waals surface area (Å²) in [5.74, 6) is 0.697. The first-order valence-corrected chi connectivity index (χ1v) is 4.94. The summed E-state index contributed by atoms with van der Waals surface area (Å²) in [5, 5.41) is 8.80. The third-order valence-electron chi connectivity index (χ3n) is 2.16. The molecule has 0 saturated carbocycles. The molecule has 0 aromatic carbocycles. The fourth-order valence-corrected chi connectivity index (χ4v) is 1.56. The van der Waals surface area contributed by atoms with Crippen molar-refractivity contribution in [3.63, 3.8) is 0 Å². The topological polar surface area (TPSA) is 62.0 Å². The molecule has 2 rings (SSSR count). The van der Waals surface area contributed by atoms with Gasteiger partial charge in [-0.2, -0.15) is 5.26 Å². The molecule has 0 spiro atoms. The van der Waals surface area contributed by atoms with Crippen LogP contribution in [0.1, 0.15) is 5.69 Å². The fraction of sp³-hybridized carbons (Fsp3) is 0.444. The van der Waals surface area contributed by atoms with E-state index in [1.54, 1.807) is 6.20 Å². The summed E-state index contributed by atoms with van der Waals surface area (Å²) >= 11 is 5.79. The first kappa shape index (κ1) is 10.1. The van der Waals surface area contributed by atoms with Crippen LogP contribution in [0.4, 0.5) is 5.82 Å². The molecule has 1 fully saturated rings. The highest BCUT2D eigenvalue weighted by molar-refractivity contribution is 6.30. The van der Waals surface area contributed by atoms with Crippen molar-refractivity contribution in [1.82, 2.24) is 9.97 Å². The van der Waals surface area contributed by atoms with Gasteiger partial charge in [-0.15, -0.1) is 0 Å². The Bertz CT molecular complexity index is 398. The lowest BCUT2D eigenvalue weighted by Crippen LogP contribution is -2.36. The monoisotopic (exact) mass is 224 g/mol. The van der Waals surface area contributed by atoms with Crippen molar-refractivity contribution in [1.29, 1.82) is 5.26 Å². The Morgan fingerprint density at radius 1 is 1.47 bits per heavy atom. The molecule has 0 atom stereocenters. The number of hydrogen-bond donors (Lipinski definition) is 0. The molecule has 0 unspecified atom stereocenters. The van der Waals surface area contributed by atoms with Crippen molar-refractivity contribution in [2.45, 2.75) is 0 Å². The number of anilines is 1. The fourth-order valence-electron chi connectivity index (χ4n) is 1.38. The van der Waals surface area contributed by atoms with Gasteiger partial charge in [-0.3, -0.25) is 0 Å². The van der Waals surface area contributed by atoms with Crippen LogP contribution in [0.2, 0.25) is 5.15 Å². The number of aromatic nitrogens is 2. The van der Waals surface area contributed by atoms with E-state index < -0.39 is 0 Å². The normalized spacial score (nSPS) is 16.1. The molecule has 0 radical (unpaired) electrons. The van der Waals surface area contributed by atoms with E-state index in [0.29, 0.717) is 19.0 Å². The van der Waals surface area contributed by atoms with Gasteiger partial charge in [0.05, 0.1) is 19.4 Å². The second-order valence-electron chi connectivity index (χ2n) is 3.08. The second-order valence-corrected chi connectivity index (χ2v) is 3.44. The van der Waals surface area contributed by atoms with Crippen LogP contribution in [0.15, 0.2) is 6.20 Å². The van der Waals surface area contributed by atoms with E-state index >= 15 is 0 Å². The predicted octanol–water partition coefficient (Wildman–Crippen LogP) is 0.838. The minimum atomic E-state index is 0.154. The van der Waals surface area contributed by atoms with Crippen LogP contribution in [-0.4, -0.2) is 36.3 Å². The quantitative estimate of drug-likeness (QED) is 0.707. The predicted molar refractivity (Wildman–Crippen MR) is 54.8 cm³/mol. The summed E-state index contributed by atoms with van der Waals surface area (Å²) in [5.41, 5.74) is 0.161. The number of nitriles is 1. The van der Waals surface area contributed by atoms with Crippen molar-refractivity contribution in [3.8, 4) is 6.07 Å². The Balaban J connectivity index is 2.22. The van der Waals surface area contributed by atoms with Crippen LogP contribution >= 0.6 is 11.6 Å². The van der Waals surface area contributed by atoms with E-state index in [1.165, 1.54) is 0 Å². The molecular weight excluding hydrogens is 216 g/mol. The molecule has 5 nitrogen and oxygen atoms in total. The van der Waals surface area contributed by atoms with Crippen LogP contribution in [0.3, 0.4) is 0 Å². The molecule has 0 bridgehead atoms. The van der Waals surface area contributed by atoms with Crippen LogP contribution < -0.4 is 4.90 Å². The minimum absolute atomic E-state index is 0.154. The number of morpholine rings is 1. The van der Waals surface area contributed by atoms with Gasteiger partial charge >= 0.3 is 0 Å². The third kappa shape index (κ3) is 2.17. The SMILES string of the molecule is N#Cc1ncc(N2CCOCC2)nc1Cl.